The van der Waals surface area contributed by atoms with Crippen LogP contribution in [0, 0.1) is 0 Å². The maximum absolute atomic E-state index is 12.9. The fraction of sp³-hybridized carbons (Fsp3) is 0.833. The highest BCUT2D eigenvalue weighted by Crippen LogP contribution is 2.19. The molecule has 0 saturated carbocycles. The predicted octanol–water partition coefficient (Wildman–Crippen LogP) is 16.8. The number of unbranched alkanes of at least 4 members (excludes halogenated alkanes) is 31. The van der Waals surface area contributed by atoms with Crippen molar-refractivity contribution in [1.29, 1.82) is 0 Å². The number of allylic oxidation sites excluding steroid dienone is 6. The first-order valence-corrected chi connectivity index (χ1v) is 26.1. The number of rotatable bonds is 48. The van der Waals surface area contributed by atoms with Crippen molar-refractivity contribution in [3.8, 4) is 0 Å². The summed E-state index contributed by atoms with van der Waals surface area (Å²) in [5.74, 6) is -1.23. The third-order valence-corrected chi connectivity index (χ3v) is 11.8. The van der Waals surface area contributed by atoms with Crippen LogP contribution in [0.4, 0.5) is 0 Å². The van der Waals surface area contributed by atoms with Crippen LogP contribution in [-0.4, -0.2) is 35.6 Å². The standard InChI is InChI=1S/C54H99NO5/c1-3-5-7-9-11-13-15-17-19-20-21-22-23-24-25-26-28-30-32-34-36-41-45-49-54(59)60-51(47-43-39-37-40-44-48-52(56)55-50-53(57)58)46-42-38-35-33-31-29-27-18-16-14-12-10-8-6-4-2/h15,17,20-21,29,31,51H,3-14,16,18-19,22-28,30,32-50H2,1-2H3,(H,55,56)(H,57,58)/b17-15-,21-20-,31-29-. The van der Waals surface area contributed by atoms with Gasteiger partial charge in [-0.1, -0.05) is 204 Å². The molecule has 2 N–H and O–H groups in total. The van der Waals surface area contributed by atoms with Crippen molar-refractivity contribution in [3.05, 3.63) is 36.5 Å². The van der Waals surface area contributed by atoms with Crippen molar-refractivity contribution in [2.75, 3.05) is 6.54 Å². The van der Waals surface area contributed by atoms with Crippen LogP contribution >= 0.6 is 0 Å². The van der Waals surface area contributed by atoms with E-state index in [9.17, 15) is 14.4 Å². The highest BCUT2D eigenvalue weighted by molar-refractivity contribution is 5.80. The summed E-state index contributed by atoms with van der Waals surface area (Å²) in [6, 6.07) is 0. The van der Waals surface area contributed by atoms with Crippen molar-refractivity contribution in [3.63, 3.8) is 0 Å². The smallest absolute Gasteiger partial charge is 0.322 e. The lowest BCUT2D eigenvalue weighted by Gasteiger charge is -2.18. The van der Waals surface area contributed by atoms with Crippen molar-refractivity contribution >= 4 is 17.8 Å². The largest absolute Gasteiger partial charge is 0.480 e. The first kappa shape index (κ1) is 57.6. The Morgan fingerprint density at radius 2 is 0.767 bits per heavy atom. The summed E-state index contributed by atoms with van der Waals surface area (Å²) in [4.78, 5) is 35.2. The monoisotopic (exact) mass is 842 g/mol. The van der Waals surface area contributed by atoms with E-state index in [-0.39, 0.29) is 24.5 Å². The molecule has 350 valence electrons. The summed E-state index contributed by atoms with van der Waals surface area (Å²) in [5.41, 5.74) is 0. The Morgan fingerprint density at radius 3 is 1.18 bits per heavy atom. The van der Waals surface area contributed by atoms with Gasteiger partial charge in [0.15, 0.2) is 0 Å². The van der Waals surface area contributed by atoms with Crippen LogP contribution in [-0.2, 0) is 19.1 Å². The number of nitrogens with one attached hydrogen (secondary N) is 1. The summed E-state index contributed by atoms with van der Waals surface area (Å²) in [7, 11) is 0. The second-order valence-electron chi connectivity index (χ2n) is 17.8. The van der Waals surface area contributed by atoms with E-state index in [1.165, 1.54) is 173 Å². The summed E-state index contributed by atoms with van der Waals surface area (Å²) in [5, 5.41) is 11.1. The molecule has 0 aliphatic carbocycles. The van der Waals surface area contributed by atoms with Crippen molar-refractivity contribution < 1.29 is 24.2 Å². The minimum atomic E-state index is -1.02. The molecule has 0 rings (SSSR count). The number of ether oxygens (including phenoxy) is 1. The van der Waals surface area contributed by atoms with Gasteiger partial charge in [0.2, 0.25) is 5.91 Å². The van der Waals surface area contributed by atoms with Gasteiger partial charge in [0.05, 0.1) is 0 Å². The molecule has 1 unspecified atom stereocenters. The Morgan fingerprint density at radius 1 is 0.433 bits per heavy atom. The van der Waals surface area contributed by atoms with Crippen LogP contribution < -0.4 is 5.32 Å². The zero-order valence-corrected chi connectivity index (χ0v) is 39.8. The average Bonchev–Trinajstić information content (AvgIpc) is 3.24. The molecule has 0 saturated heterocycles. The van der Waals surface area contributed by atoms with Crippen LogP contribution in [0.25, 0.3) is 0 Å². The van der Waals surface area contributed by atoms with Gasteiger partial charge in [0.25, 0.3) is 0 Å². The summed E-state index contributed by atoms with van der Waals surface area (Å²) in [6.07, 6.45) is 62.9. The third kappa shape index (κ3) is 48.3. The van der Waals surface area contributed by atoms with E-state index < -0.39 is 5.97 Å². The van der Waals surface area contributed by atoms with E-state index in [2.05, 4.69) is 55.6 Å². The first-order valence-electron chi connectivity index (χ1n) is 26.1. The number of esters is 1. The second-order valence-corrected chi connectivity index (χ2v) is 17.8. The van der Waals surface area contributed by atoms with Crippen molar-refractivity contribution in [2.24, 2.45) is 0 Å². The van der Waals surface area contributed by atoms with E-state index in [1.807, 2.05) is 0 Å². The van der Waals surface area contributed by atoms with Crippen LogP contribution in [0.2, 0.25) is 0 Å². The molecule has 0 aliphatic heterocycles. The molecule has 60 heavy (non-hydrogen) atoms. The lowest BCUT2D eigenvalue weighted by molar-refractivity contribution is -0.150. The zero-order valence-electron chi connectivity index (χ0n) is 39.8. The number of aliphatic carboxylic acids is 1. The molecule has 0 aromatic carbocycles. The maximum Gasteiger partial charge on any atom is 0.322 e. The molecule has 0 bridgehead atoms. The average molecular weight is 842 g/mol. The van der Waals surface area contributed by atoms with Gasteiger partial charge in [-0.05, 0) is 96.3 Å². The van der Waals surface area contributed by atoms with E-state index >= 15 is 0 Å². The Labute approximate surface area is 372 Å². The highest BCUT2D eigenvalue weighted by atomic mass is 16.5. The van der Waals surface area contributed by atoms with Crippen LogP contribution in [0.5, 0.6) is 0 Å². The molecule has 0 heterocycles. The topological polar surface area (TPSA) is 92.7 Å². The van der Waals surface area contributed by atoms with Gasteiger partial charge >= 0.3 is 11.9 Å². The van der Waals surface area contributed by atoms with Gasteiger partial charge in [-0.15, -0.1) is 0 Å². The molecule has 0 aromatic rings. The van der Waals surface area contributed by atoms with Gasteiger partial charge < -0.3 is 15.2 Å². The fourth-order valence-corrected chi connectivity index (χ4v) is 7.90. The Balaban J connectivity index is 4.09. The normalized spacial score (nSPS) is 12.3. The molecule has 1 atom stereocenters. The molecule has 6 nitrogen and oxygen atoms in total. The maximum atomic E-state index is 12.9. The fourth-order valence-electron chi connectivity index (χ4n) is 7.90. The molecule has 6 heteroatoms. The van der Waals surface area contributed by atoms with E-state index in [0.717, 1.165) is 77.0 Å². The summed E-state index contributed by atoms with van der Waals surface area (Å²) < 4.78 is 6.06. The number of carboxylic acid groups (broad SMARTS) is 1. The summed E-state index contributed by atoms with van der Waals surface area (Å²) in [6.45, 7) is 4.24. The van der Waals surface area contributed by atoms with Gasteiger partial charge in [0.1, 0.15) is 12.6 Å². The van der Waals surface area contributed by atoms with E-state index in [4.69, 9.17) is 9.84 Å². The number of amides is 1. The molecule has 0 radical (unpaired) electrons. The highest BCUT2D eigenvalue weighted by Gasteiger charge is 2.14. The van der Waals surface area contributed by atoms with Gasteiger partial charge in [-0.3, -0.25) is 14.4 Å². The Bertz CT molecular complexity index is 1020. The third-order valence-electron chi connectivity index (χ3n) is 11.8. The van der Waals surface area contributed by atoms with Crippen molar-refractivity contribution in [2.45, 2.75) is 283 Å². The number of carbonyl (C=O) groups excluding carboxylic acids is 2. The Kier molecular flexibility index (Phi) is 47.3. The quantitative estimate of drug-likeness (QED) is 0.0362. The van der Waals surface area contributed by atoms with E-state index in [0.29, 0.717) is 12.8 Å². The van der Waals surface area contributed by atoms with Crippen LogP contribution in [0.1, 0.15) is 277 Å². The molecule has 0 spiro atoms. The molecular weight excluding hydrogens is 743 g/mol. The van der Waals surface area contributed by atoms with E-state index in [1.54, 1.807) is 0 Å². The SMILES string of the molecule is CCCCCCC/C=C\C/C=C\CCCCCCCCCCCCCC(=O)OC(CCCCC/C=C\CCCCCCCCCC)CCCCCCCC(=O)NCC(=O)O. The van der Waals surface area contributed by atoms with Crippen molar-refractivity contribution in [1.82, 2.24) is 5.32 Å². The lowest BCUT2D eigenvalue weighted by Crippen LogP contribution is -2.28. The van der Waals surface area contributed by atoms with Crippen LogP contribution in [0.3, 0.4) is 0 Å². The molecular formula is C54H99NO5. The van der Waals surface area contributed by atoms with Gasteiger partial charge in [-0.2, -0.15) is 0 Å². The number of hydrogen-bond donors (Lipinski definition) is 2. The Hall–Kier alpha value is -2.37. The predicted molar refractivity (Wildman–Crippen MR) is 259 cm³/mol. The minimum Gasteiger partial charge on any atom is -0.480 e. The lowest BCUT2D eigenvalue weighted by atomic mass is 10.0. The number of carbonyl (C=O) groups is 3. The second kappa shape index (κ2) is 49.3. The van der Waals surface area contributed by atoms with Crippen LogP contribution in [0.15, 0.2) is 36.5 Å². The number of carboxylic acids is 1. The molecule has 1 amide bonds. The summed E-state index contributed by atoms with van der Waals surface area (Å²) >= 11 is 0. The van der Waals surface area contributed by atoms with Gasteiger partial charge in [0, 0.05) is 12.8 Å². The first-order chi connectivity index (χ1) is 29.5. The zero-order chi connectivity index (χ0) is 43.7. The number of hydrogen-bond acceptors (Lipinski definition) is 4. The van der Waals surface area contributed by atoms with Gasteiger partial charge in [-0.25, -0.2) is 0 Å². The molecule has 0 aliphatic rings. The minimum absolute atomic E-state index is 0.00948. The molecule has 0 fully saturated rings. The molecule has 0 aromatic heterocycles.